The number of carboxylic acids is 1. The number of hydrogen-bond acceptors (Lipinski definition) is 3. The van der Waals surface area contributed by atoms with Crippen LogP contribution in [0.2, 0.25) is 0 Å². The van der Waals surface area contributed by atoms with Crippen LogP contribution < -0.4 is 0 Å². The second-order valence-electron chi connectivity index (χ2n) is 7.28. The highest BCUT2D eigenvalue weighted by Gasteiger charge is 2.32. The van der Waals surface area contributed by atoms with Crippen LogP contribution in [0.15, 0.2) is 37.0 Å². The van der Waals surface area contributed by atoms with Crippen molar-refractivity contribution in [3.8, 4) is 0 Å². The molecular weight excluding hydrogens is 328 g/mol. The van der Waals surface area contributed by atoms with Gasteiger partial charge in [-0.05, 0) is 44.4 Å². The highest BCUT2D eigenvalue weighted by Crippen LogP contribution is 2.33. The fourth-order valence-corrected chi connectivity index (χ4v) is 3.40. The molecule has 0 aromatic rings. The van der Waals surface area contributed by atoms with Crippen molar-refractivity contribution < 1.29 is 19.8 Å². The Bertz CT molecular complexity index is 520. The summed E-state index contributed by atoms with van der Waals surface area (Å²) in [6, 6.07) is 0. The van der Waals surface area contributed by atoms with E-state index in [-0.39, 0.29) is 24.0 Å². The maximum atomic E-state index is 12.2. The molecule has 1 rings (SSSR count). The molecule has 0 heterocycles. The van der Waals surface area contributed by atoms with E-state index in [9.17, 15) is 14.7 Å². The van der Waals surface area contributed by atoms with Crippen LogP contribution in [0.5, 0.6) is 0 Å². The van der Waals surface area contributed by atoms with Crippen molar-refractivity contribution in [3.63, 3.8) is 0 Å². The van der Waals surface area contributed by atoms with E-state index in [2.05, 4.69) is 13.5 Å². The lowest BCUT2D eigenvalue weighted by molar-refractivity contribution is -0.137. The molecular formula is C22H34O4. The minimum atomic E-state index is -0.988. The van der Waals surface area contributed by atoms with E-state index in [4.69, 9.17) is 5.11 Å². The number of Topliss-reactive ketones (excluding diaryl/α,β-unsaturated/α-hetero) is 1. The zero-order valence-electron chi connectivity index (χ0n) is 16.0. The number of aliphatic hydroxyl groups is 1. The Morgan fingerprint density at radius 2 is 2.08 bits per heavy atom. The number of hydrogen-bond donors (Lipinski definition) is 2. The lowest BCUT2D eigenvalue weighted by Crippen LogP contribution is -2.23. The second-order valence-corrected chi connectivity index (χ2v) is 7.28. The summed E-state index contributed by atoms with van der Waals surface area (Å²) in [5.74, 6) is -0.373. The smallest absolute Gasteiger partial charge is 0.303 e. The molecule has 0 aliphatic heterocycles. The predicted octanol–water partition coefficient (Wildman–Crippen LogP) is 4.84. The summed E-state index contributed by atoms with van der Waals surface area (Å²) in [6.45, 7) is 5.89. The lowest BCUT2D eigenvalue weighted by atomic mass is 9.88. The third kappa shape index (κ3) is 8.13. The molecule has 0 bridgehead atoms. The highest BCUT2D eigenvalue weighted by atomic mass is 16.4. The van der Waals surface area contributed by atoms with E-state index in [1.165, 1.54) is 0 Å². The highest BCUT2D eigenvalue weighted by molar-refractivity contribution is 5.83. The summed E-state index contributed by atoms with van der Waals surface area (Å²) in [4.78, 5) is 22.7. The van der Waals surface area contributed by atoms with Gasteiger partial charge in [0.2, 0.25) is 0 Å². The third-order valence-electron chi connectivity index (χ3n) is 5.14. The summed E-state index contributed by atoms with van der Waals surface area (Å²) in [7, 11) is 0. The molecule has 3 atom stereocenters. The molecule has 0 saturated heterocycles. The molecule has 0 aromatic carbocycles. The Morgan fingerprint density at radius 3 is 2.73 bits per heavy atom. The Kier molecular flexibility index (Phi) is 10.2. The molecule has 0 radical (unpaired) electrons. The average Bonchev–Trinajstić information content (AvgIpc) is 2.96. The molecule has 1 aliphatic rings. The van der Waals surface area contributed by atoms with E-state index in [0.717, 1.165) is 32.1 Å². The van der Waals surface area contributed by atoms with Crippen LogP contribution in [-0.2, 0) is 9.59 Å². The van der Waals surface area contributed by atoms with Gasteiger partial charge in [0.1, 0.15) is 11.4 Å². The van der Waals surface area contributed by atoms with Gasteiger partial charge in [0.15, 0.2) is 0 Å². The van der Waals surface area contributed by atoms with Gasteiger partial charge in [-0.15, -0.1) is 0 Å². The van der Waals surface area contributed by atoms with Crippen LogP contribution in [0.1, 0.15) is 71.1 Å². The normalized spacial score (nSPS) is 22.9. The fraction of sp³-hybridized carbons (Fsp3) is 0.636. The summed E-state index contributed by atoms with van der Waals surface area (Å²) < 4.78 is 0. The zero-order valence-corrected chi connectivity index (χ0v) is 16.0. The van der Waals surface area contributed by atoms with Gasteiger partial charge in [-0.25, -0.2) is 0 Å². The van der Waals surface area contributed by atoms with Crippen molar-refractivity contribution >= 4 is 11.8 Å². The number of allylic oxidation sites excluding steroid dienone is 3. The minimum absolute atomic E-state index is 0.0355. The summed E-state index contributed by atoms with van der Waals surface area (Å²) in [5.41, 5.74) is -0.988. The topological polar surface area (TPSA) is 74.6 Å². The SMILES string of the molecule is C=CC(O)(/C=C/[C@H]1CCC(=O)[C@@H]1C/C=C\CCCC(=O)O)CCCCC. The molecule has 2 N–H and O–H groups in total. The molecule has 1 saturated carbocycles. The summed E-state index contributed by atoms with van der Waals surface area (Å²) >= 11 is 0. The number of unbranched alkanes of at least 4 members (excludes halogenated alkanes) is 3. The number of carbonyl (C=O) groups excluding carboxylic acids is 1. The van der Waals surface area contributed by atoms with Crippen LogP contribution >= 0.6 is 0 Å². The Balaban J connectivity index is 2.55. The monoisotopic (exact) mass is 362 g/mol. The van der Waals surface area contributed by atoms with E-state index in [0.29, 0.717) is 25.7 Å². The van der Waals surface area contributed by atoms with Gasteiger partial charge in [-0.2, -0.15) is 0 Å². The van der Waals surface area contributed by atoms with Crippen molar-refractivity contribution in [1.82, 2.24) is 0 Å². The molecule has 0 aromatic heterocycles. The van der Waals surface area contributed by atoms with Crippen LogP contribution in [-0.4, -0.2) is 27.6 Å². The van der Waals surface area contributed by atoms with Crippen molar-refractivity contribution in [2.24, 2.45) is 11.8 Å². The van der Waals surface area contributed by atoms with Gasteiger partial charge in [0, 0.05) is 18.8 Å². The standard InChI is InChI=1S/C22H34O4/c1-3-5-10-16-22(26,4-2)17-15-18-13-14-20(23)19(18)11-8-6-7-9-12-21(24)25/h4,6,8,15,17-19,26H,2-3,5,7,9-14,16H2,1H3,(H,24,25)/b8-6-,17-15+/t18-,19-,22?/m1/s1. The van der Waals surface area contributed by atoms with E-state index < -0.39 is 11.6 Å². The summed E-state index contributed by atoms with van der Waals surface area (Å²) in [6.07, 6.45) is 16.8. The van der Waals surface area contributed by atoms with Gasteiger partial charge in [-0.3, -0.25) is 9.59 Å². The molecule has 4 heteroatoms. The van der Waals surface area contributed by atoms with Crippen molar-refractivity contribution in [2.75, 3.05) is 0 Å². The van der Waals surface area contributed by atoms with Crippen molar-refractivity contribution in [1.29, 1.82) is 0 Å². The van der Waals surface area contributed by atoms with E-state index in [1.807, 2.05) is 24.3 Å². The largest absolute Gasteiger partial charge is 0.481 e. The van der Waals surface area contributed by atoms with Gasteiger partial charge in [0.25, 0.3) is 0 Å². The maximum absolute atomic E-state index is 12.2. The third-order valence-corrected chi connectivity index (χ3v) is 5.14. The Hall–Kier alpha value is -1.68. The van der Waals surface area contributed by atoms with Gasteiger partial charge in [-0.1, -0.05) is 56.7 Å². The lowest BCUT2D eigenvalue weighted by Gasteiger charge is -2.21. The summed E-state index contributed by atoms with van der Waals surface area (Å²) in [5, 5.41) is 19.2. The van der Waals surface area contributed by atoms with E-state index >= 15 is 0 Å². The minimum Gasteiger partial charge on any atom is -0.481 e. The first kappa shape index (κ1) is 22.4. The molecule has 0 spiro atoms. The molecule has 26 heavy (non-hydrogen) atoms. The van der Waals surface area contributed by atoms with E-state index in [1.54, 1.807) is 6.08 Å². The number of carboxylic acid groups (broad SMARTS) is 1. The number of carbonyl (C=O) groups is 2. The van der Waals surface area contributed by atoms with Crippen LogP contribution in [0.25, 0.3) is 0 Å². The fourth-order valence-electron chi connectivity index (χ4n) is 3.40. The number of aliphatic carboxylic acids is 1. The molecule has 146 valence electrons. The van der Waals surface area contributed by atoms with Crippen molar-refractivity contribution in [2.45, 2.75) is 76.7 Å². The number of ketones is 1. The molecule has 1 unspecified atom stereocenters. The zero-order chi connectivity index (χ0) is 19.4. The first-order valence-corrected chi connectivity index (χ1v) is 9.86. The maximum Gasteiger partial charge on any atom is 0.303 e. The van der Waals surface area contributed by atoms with Gasteiger partial charge >= 0.3 is 5.97 Å². The Morgan fingerprint density at radius 1 is 1.31 bits per heavy atom. The van der Waals surface area contributed by atoms with Crippen LogP contribution in [0, 0.1) is 11.8 Å². The van der Waals surface area contributed by atoms with Gasteiger partial charge in [0.05, 0.1) is 0 Å². The molecule has 1 fully saturated rings. The number of rotatable bonds is 13. The average molecular weight is 363 g/mol. The Labute approximate surface area is 157 Å². The molecule has 1 aliphatic carbocycles. The van der Waals surface area contributed by atoms with Crippen LogP contribution in [0.4, 0.5) is 0 Å². The first-order chi connectivity index (χ1) is 12.4. The predicted molar refractivity (Wildman–Crippen MR) is 105 cm³/mol. The molecule has 4 nitrogen and oxygen atoms in total. The second kappa shape index (κ2) is 11.8. The van der Waals surface area contributed by atoms with Crippen molar-refractivity contribution in [3.05, 3.63) is 37.0 Å². The first-order valence-electron chi connectivity index (χ1n) is 9.86. The molecule has 0 amide bonds. The van der Waals surface area contributed by atoms with Crippen LogP contribution in [0.3, 0.4) is 0 Å². The quantitative estimate of drug-likeness (QED) is 0.363. The van der Waals surface area contributed by atoms with Gasteiger partial charge < -0.3 is 10.2 Å².